The van der Waals surface area contributed by atoms with E-state index in [0.29, 0.717) is 5.88 Å². The van der Waals surface area contributed by atoms with Crippen LogP contribution < -0.4 is 10.5 Å². The molecule has 0 aliphatic rings. The number of aromatic nitrogens is 1. The molecular formula is C15H20N2O2. The molecule has 2 aromatic rings. The smallest absolute Gasteiger partial charge is 0.230 e. The molecule has 4 heteroatoms. The van der Waals surface area contributed by atoms with Crippen molar-refractivity contribution in [3.8, 4) is 16.9 Å². The Bertz CT molecular complexity index is 535. The van der Waals surface area contributed by atoms with Gasteiger partial charge in [0.15, 0.2) is 0 Å². The Morgan fingerprint density at radius 1 is 1.26 bits per heavy atom. The zero-order valence-electron chi connectivity index (χ0n) is 11.5. The van der Waals surface area contributed by atoms with Crippen molar-refractivity contribution in [3.05, 3.63) is 30.0 Å². The lowest BCUT2D eigenvalue weighted by molar-refractivity contribution is 0.416. The molecule has 0 amide bonds. The molecule has 4 nitrogen and oxygen atoms in total. The number of benzene rings is 1. The Hall–Kier alpha value is -1.97. The van der Waals surface area contributed by atoms with Crippen LogP contribution in [-0.2, 0) is 6.42 Å². The summed E-state index contributed by atoms with van der Waals surface area (Å²) in [4.78, 5) is 0. The zero-order chi connectivity index (χ0) is 13.7. The number of nitrogen functional groups attached to an aromatic ring is 1. The Balaban J connectivity index is 2.35. The average Bonchev–Trinajstić information content (AvgIpc) is 2.80. The number of methoxy groups -OCH3 is 1. The quantitative estimate of drug-likeness (QED) is 0.805. The Labute approximate surface area is 113 Å². The highest BCUT2D eigenvalue weighted by atomic mass is 16.5. The van der Waals surface area contributed by atoms with Crippen LogP contribution in [0.4, 0.5) is 5.88 Å². The van der Waals surface area contributed by atoms with Crippen LogP contribution in [0.15, 0.2) is 28.8 Å². The number of unbranched alkanes of at least 4 members (excludes halogenated alkanes) is 2. The van der Waals surface area contributed by atoms with Crippen molar-refractivity contribution in [3.63, 3.8) is 0 Å². The first-order valence-corrected chi connectivity index (χ1v) is 6.65. The van der Waals surface area contributed by atoms with E-state index in [2.05, 4.69) is 12.1 Å². The van der Waals surface area contributed by atoms with E-state index in [1.807, 2.05) is 24.3 Å². The van der Waals surface area contributed by atoms with E-state index in [4.69, 9.17) is 15.0 Å². The standard InChI is InChI=1S/C15H20N2O2/c1-3-4-5-9-12-14(15(16)19-17-12)11-8-6-7-10-13(11)18-2/h6-8,10H,3-5,9,16H2,1-2H3. The van der Waals surface area contributed by atoms with E-state index in [0.717, 1.165) is 35.4 Å². The van der Waals surface area contributed by atoms with Gasteiger partial charge in [-0.15, -0.1) is 0 Å². The van der Waals surface area contributed by atoms with Crippen molar-refractivity contribution in [2.75, 3.05) is 12.8 Å². The van der Waals surface area contributed by atoms with Gasteiger partial charge in [-0.05, 0) is 18.9 Å². The molecule has 0 spiro atoms. The van der Waals surface area contributed by atoms with Gasteiger partial charge in [0.2, 0.25) is 5.88 Å². The molecule has 1 aromatic heterocycles. The highest BCUT2D eigenvalue weighted by Crippen LogP contribution is 2.36. The number of aryl methyl sites for hydroxylation is 1. The number of para-hydroxylation sites is 1. The fraction of sp³-hybridized carbons (Fsp3) is 0.400. The third kappa shape index (κ3) is 2.89. The molecule has 0 atom stereocenters. The van der Waals surface area contributed by atoms with Gasteiger partial charge in [-0.3, -0.25) is 0 Å². The van der Waals surface area contributed by atoms with E-state index in [1.165, 1.54) is 12.8 Å². The lowest BCUT2D eigenvalue weighted by Crippen LogP contribution is -1.94. The van der Waals surface area contributed by atoms with Crippen LogP contribution in [0.25, 0.3) is 11.1 Å². The molecule has 0 unspecified atom stereocenters. The van der Waals surface area contributed by atoms with Crippen LogP contribution in [-0.4, -0.2) is 12.3 Å². The lowest BCUT2D eigenvalue weighted by Gasteiger charge is -2.08. The zero-order valence-corrected chi connectivity index (χ0v) is 11.5. The number of anilines is 1. The number of nitrogens with zero attached hydrogens (tertiary/aromatic N) is 1. The first kappa shape index (κ1) is 13.5. The maximum atomic E-state index is 5.92. The van der Waals surface area contributed by atoms with E-state index in [1.54, 1.807) is 7.11 Å². The van der Waals surface area contributed by atoms with Gasteiger partial charge >= 0.3 is 0 Å². The predicted molar refractivity (Wildman–Crippen MR) is 76.1 cm³/mol. The monoisotopic (exact) mass is 260 g/mol. The number of ether oxygens (including phenoxy) is 1. The molecule has 0 aliphatic heterocycles. The van der Waals surface area contributed by atoms with Crippen molar-refractivity contribution in [2.24, 2.45) is 0 Å². The van der Waals surface area contributed by atoms with Crippen LogP contribution in [0.1, 0.15) is 31.9 Å². The molecule has 19 heavy (non-hydrogen) atoms. The second-order valence-electron chi connectivity index (χ2n) is 4.53. The molecule has 0 radical (unpaired) electrons. The molecular weight excluding hydrogens is 240 g/mol. The summed E-state index contributed by atoms with van der Waals surface area (Å²) in [6.07, 6.45) is 4.32. The minimum absolute atomic E-state index is 0.357. The molecule has 102 valence electrons. The van der Waals surface area contributed by atoms with Gasteiger partial charge in [-0.1, -0.05) is 43.1 Å². The number of hydrogen-bond donors (Lipinski definition) is 1. The van der Waals surface area contributed by atoms with E-state index in [-0.39, 0.29) is 0 Å². The Morgan fingerprint density at radius 2 is 2.05 bits per heavy atom. The average molecular weight is 260 g/mol. The van der Waals surface area contributed by atoms with Crippen molar-refractivity contribution in [1.29, 1.82) is 0 Å². The van der Waals surface area contributed by atoms with Crippen LogP contribution in [0, 0.1) is 0 Å². The number of rotatable bonds is 6. The van der Waals surface area contributed by atoms with Crippen LogP contribution in [0.5, 0.6) is 5.75 Å². The summed E-state index contributed by atoms with van der Waals surface area (Å²) < 4.78 is 10.5. The summed E-state index contributed by atoms with van der Waals surface area (Å²) in [5.41, 5.74) is 8.64. The summed E-state index contributed by atoms with van der Waals surface area (Å²) in [6.45, 7) is 2.18. The lowest BCUT2D eigenvalue weighted by atomic mass is 10.0. The highest BCUT2D eigenvalue weighted by molar-refractivity contribution is 5.79. The first-order valence-electron chi connectivity index (χ1n) is 6.65. The second-order valence-corrected chi connectivity index (χ2v) is 4.53. The largest absolute Gasteiger partial charge is 0.496 e. The number of nitrogens with two attached hydrogens (primary N) is 1. The Kier molecular flexibility index (Phi) is 4.44. The molecule has 2 N–H and O–H groups in total. The maximum absolute atomic E-state index is 5.92. The maximum Gasteiger partial charge on any atom is 0.230 e. The fourth-order valence-corrected chi connectivity index (χ4v) is 2.19. The molecule has 0 fully saturated rings. The van der Waals surface area contributed by atoms with Gasteiger partial charge < -0.3 is 15.0 Å². The summed E-state index contributed by atoms with van der Waals surface area (Å²) in [7, 11) is 1.65. The highest BCUT2D eigenvalue weighted by Gasteiger charge is 2.18. The van der Waals surface area contributed by atoms with E-state index >= 15 is 0 Å². The number of hydrogen-bond acceptors (Lipinski definition) is 4. The van der Waals surface area contributed by atoms with Crippen LogP contribution >= 0.6 is 0 Å². The van der Waals surface area contributed by atoms with Gasteiger partial charge in [0.25, 0.3) is 0 Å². The van der Waals surface area contributed by atoms with Gasteiger partial charge in [0.05, 0.1) is 18.4 Å². The molecule has 0 aliphatic carbocycles. The van der Waals surface area contributed by atoms with Crippen molar-refractivity contribution < 1.29 is 9.26 Å². The van der Waals surface area contributed by atoms with Gasteiger partial charge in [0, 0.05) is 5.56 Å². The van der Waals surface area contributed by atoms with Crippen molar-refractivity contribution in [2.45, 2.75) is 32.6 Å². The molecule has 0 saturated heterocycles. The SMILES string of the molecule is CCCCCc1noc(N)c1-c1ccccc1OC. The Morgan fingerprint density at radius 3 is 2.79 bits per heavy atom. The summed E-state index contributed by atoms with van der Waals surface area (Å²) in [6, 6.07) is 7.78. The van der Waals surface area contributed by atoms with Crippen molar-refractivity contribution >= 4 is 5.88 Å². The van der Waals surface area contributed by atoms with Crippen molar-refractivity contribution in [1.82, 2.24) is 5.16 Å². The molecule has 0 saturated carbocycles. The fourth-order valence-electron chi connectivity index (χ4n) is 2.19. The van der Waals surface area contributed by atoms with Gasteiger partial charge in [-0.25, -0.2) is 0 Å². The van der Waals surface area contributed by atoms with Gasteiger partial charge in [0.1, 0.15) is 5.75 Å². The minimum atomic E-state index is 0.357. The minimum Gasteiger partial charge on any atom is -0.496 e. The second kappa shape index (κ2) is 6.27. The third-order valence-corrected chi connectivity index (χ3v) is 3.18. The normalized spacial score (nSPS) is 10.6. The van der Waals surface area contributed by atoms with Crippen LogP contribution in [0.3, 0.4) is 0 Å². The summed E-state index contributed by atoms with van der Waals surface area (Å²) in [5, 5.41) is 4.08. The van der Waals surface area contributed by atoms with E-state index in [9.17, 15) is 0 Å². The molecule has 1 aromatic carbocycles. The van der Waals surface area contributed by atoms with E-state index < -0.39 is 0 Å². The topological polar surface area (TPSA) is 61.3 Å². The summed E-state index contributed by atoms with van der Waals surface area (Å²) in [5.74, 6) is 1.14. The molecule has 2 rings (SSSR count). The first-order chi connectivity index (χ1) is 9.27. The van der Waals surface area contributed by atoms with Crippen LogP contribution in [0.2, 0.25) is 0 Å². The predicted octanol–water partition coefficient (Wildman–Crippen LogP) is 3.67. The summed E-state index contributed by atoms with van der Waals surface area (Å²) >= 11 is 0. The van der Waals surface area contributed by atoms with Gasteiger partial charge in [-0.2, -0.15) is 0 Å². The molecule has 0 bridgehead atoms. The third-order valence-electron chi connectivity index (χ3n) is 3.18. The molecule has 1 heterocycles.